The van der Waals surface area contributed by atoms with Crippen LogP contribution in [0.25, 0.3) is 0 Å². The van der Waals surface area contributed by atoms with Gasteiger partial charge in [-0.15, -0.1) is 0 Å². The SMILES string of the molecule is CCCCCCCC1OC(=O)C(C)N(C)C(=O)C(CCCCC)OC(=O)C(C)N(C)C(=O)C(CCCCC)OC(=O)C(C)N(C)C(=O)C(CCCCC)OC(=O)C(C)N(C)C1=O. The van der Waals surface area contributed by atoms with Crippen LogP contribution in [-0.4, -0.2) is 144 Å². The Morgan fingerprint density at radius 3 is 0.710 bits per heavy atom. The number of esters is 4. The maximum Gasteiger partial charge on any atom is 0.329 e. The minimum absolute atomic E-state index is 0.146. The first-order chi connectivity index (χ1) is 29.3. The zero-order valence-electron chi connectivity index (χ0n) is 40.0. The molecular formula is C46H80N4O12. The molecule has 8 unspecified atom stereocenters. The molecule has 16 nitrogen and oxygen atoms in total. The van der Waals surface area contributed by atoms with E-state index in [2.05, 4.69) is 6.92 Å². The van der Waals surface area contributed by atoms with Gasteiger partial charge in [-0.2, -0.15) is 0 Å². The molecule has 1 heterocycles. The molecule has 0 spiro atoms. The van der Waals surface area contributed by atoms with E-state index in [1.54, 1.807) is 0 Å². The van der Waals surface area contributed by atoms with E-state index < -0.39 is 96.1 Å². The lowest BCUT2D eigenvalue weighted by Crippen LogP contribution is -2.53. The Hall–Kier alpha value is -4.24. The normalized spacial score (nSPS) is 26.3. The maximum atomic E-state index is 14.1. The standard InChI is InChI=1S/C46H80N4O12/c1-13-17-21-22-26-30-38-42(54)50(12)33(7)45(57)61-36(28-24-19-15-3)40(52)48(10)31(5)43(55)59-35(27-23-18-14-2)39(51)47(9)32(6)44(56)60-37(29-25-20-16-4)41(53)49(11)34(8)46(58)62-38/h31-38H,13-30H2,1-12H3. The molecule has 0 aromatic rings. The lowest BCUT2D eigenvalue weighted by molar-refractivity contribution is -0.176. The van der Waals surface area contributed by atoms with Crippen molar-refractivity contribution < 1.29 is 57.3 Å². The van der Waals surface area contributed by atoms with Gasteiger partial charge in [-0.05, 0) is 79.1 Å². The van der Waals surface area contributed by atoms with Crippen molar-refractivity contribution in [2.24, 2.45) is 0 Å². The van der Waals surface area contributed by atoms with Gasteiger partial charge >= 0.3 is 23.9 Å². The molecule has 0 saturated carbocycles. The Bertz CT molecular complexity index is 1450. The van der Waals surface area contributed by atoms with Gasteiger partial charge in [-0.3, -0.25) is 19.2 Å². The maximum absolute atomic E-state index is 14.1. The number of cyclic esters (lactones) is 4. The van der Waals surface area contributed by atoms with Gasteiger partial charge < -0.3 is 38.5 Å². The highest BCUT2D eigenvalue weighted by atomic mass is 16.6. The van der Waals surface area contributed by atoms with Gasteiger partial charge in [0.1, 0.15) is 24.2 Å². The Morgan fingerprint density at radius 1 is 0.323 bits per heavy atom. The highest BCUT2D eigenvalue weighted by Gasteiger charge is 2.40. The lowest BCUT2D eigenvalue weighted by Gasteiger charge is -2.33. The summed E-state index contributed by atoms with van der Waals surface area (Å²) in [5, 5.41) is 0. The summed E-state index contributed by atoms with van der Waals surface area (Å²) in [4.78, 5) is 116. The molecule has 4 amide bonds. The molecule has 0 aromatic heterocycles. The van der Waals surface area contributed by atoms with E-state index >= 15 is 0 Å². The molecule has 1 rings (SSSR count). The summed E-state index contributed by atoms with van der Waals surface area (Å²) >= 11 is 0. The fourth-order valence-corrected chi connectivity index (χ4v) is 6.86. The van der Waals surface area contributed by atoms with Gasteiger partial charge in [0.15, 0.2) is 24.4 Å². The molecule has 1 fully saturated rings. The molecule has 0 aromatic carbocycles. The summed E-state index contributed by atoms with van der Waals surface area (Å²) in [6, 6.07) is -4.84. The number of ether oxygens (including phenoxy) is 4. The predicted molar refractivity (Wildman–Crippen MR) is 234 cm³/mol. The number of carbonyl (C=O) groups excluding carboxylic acids is 8. The smallest absolute Gasteiger partial charge is 0.329 e. The number of hydrogen-bond acceptors (Lipinski definition) is 12. The number of amides is 4. The van der Waals surface area contributed by atoms with Gasteiger partial charge in [0.05, 0.1) is 0 Å². The number of hydrogen-bond donors (Lipinski definition) is 0. The average Bonchev–Trinajstić information content (AvgIpc) is 3.26. The van der Waals surface area contributed by atoms with Crippen molar-refractivity contribution in [2.45, 2.75) is 220 Å². The van der Waals surface area contributed by atoms with E-state index in [0.717, 1.165) is 83.8 Å². The number of nitrogens with zero attached hydrogens (tertiary/aromatic N) is 4. The average molecular weight is 881 g/mol. The molecule has 16 heteroatoms. The zero-order chi connectivity index (χ0) is 47.1. The molecule has 0 bridgehead atoms. The highest BCUT2D eigenvalue weighted by molar-refractivity contribution is 5.94. The van der Waals surface area contributed by atoms with Gasteiger partial charge in [-0.25, -0.2) is 19.2 Å². The second-order valence-corrected chi connectivity index (χ2v) is 16.9. The van der Waals surface area contributed by atoms with Crippen molar-refractivity contribution in [3.8, 4) is 0 Å². The molecule has 0 N–H and O–H groups in total. The van der Waals surface area contributed by atoms with E-state index in [4.69, 9.17) is 18.9 Å². The molecule has 8 atom stereocenters. The predicted octanol–water partition coefficient (Wildman–Crippen LogP) is 6.14. The van der Waals surface area contributed by atoms with Gasteiger partial charge in [-0.1, -0.05) is 91.9 Å². The fraction of sp³-hybridized carbons (Fsp3) is 0.826. The van der Waals surface area contributed by atoms with Crippen molar-refractivity contribution in [1.82, 2.24) is 19.6 Å². The number of likely N-dealkylation sites (N-methyl/N-ethyl adjacent to an activating group) is 4. The third kappa shape index (κ3) is 17.5. The van der Waals surface area contributed by atoms with Crippen molar-refractivity contribution in [3.05, 3.63) is 0 Å². The Morgan fingerprint density at radius 2 is 0.500 bits per heavy atom. The Balaban J connectivity index is 3.82. The van der Waals surface area contributed by atoms with Crippen LogP contribution in [0.15, 0.2) is 0 Å². The molecule has 356 valence electrons. The van der Waals surface area contributed by atoms with Crippen LogP contribution in [0.2, 0.25) is 0 Å². The third-order valence-electron chi connectivity index (χ3n) is 12.0. The minimum Gasteiger partial charge on any atom is -0.451 e. The lowest BCUT2D eigenvalue weighted by atomic mass is 10.1. The highest BCUT2D eigenvalue weighted by Crippen LogP contribution is 2.21. The Labute approximate surface area is 371 Å². The van der Waals surface area contributed by atoms with Crippen LogP contribution in [0.1, 0.15) is 171 Å². The summed E-state index contributed by atoms with van der Waals surface area (Å²) in [6.45, 7) is 13.8. The second kappa shape index (κ2) is 29.2. The second-order valence-electron chi connectivity index (χ2n) is 16.9. The topological polar surface area (TPSA) is 186 Å². The monoisotopic (exact) mass is 881 g/mol. The molecule has 1 saturated heterocycles. The van der Waals surface area contributed by atoms with E-state index in [-0.39, 0.29) is 25.7 Å². The van der Waals surface area contributed by atoms with E-state index in [9.17, 15) is 38.4 Å². The number of rotatable bonds is 18. The number of unbranched alkanes of at least 4 members (excludes halogenated alkanes) is 10. The van der Waals surface area contributed by atoms with E-state index in [1.165, 1.54) is 55.9 Å². The largest absolute Gasteiger partial charge is 0.451 e. The first-order valence-corrected chi connectivity index (χ1v) is 23.2. The van der Waals surface area contributed by atoms with Crippen LogP contribution >= 0.6 is 0 Å². The Kier molecular flexibility index (Phi) is 26.3. The van der Waals surface area contributed by atoms with Crippen LogP contribution in [0.4, 0.5) is 0 Å². The van der Waals surface area contributed by atoms with Crippen LogP contribution in [0.3, 0.4) is 0 Å². The third-order valence-corrected chi connectivity index (χ3v) is 12.0. The van der Waals surface area contributed by atoms with Gasteiger partial charge in [0, 0.05) is 28.2 Å². The summed E-state index contributed by atoms with van der Waals surface area (Å²) in [7, 11) is 5.53. The first kappa shape index (κ1) is 55.8. The zero-order valence-corrected chi connectivity index (χ0v) is 40.0. The molecule has 1 aliphatic heterocycles. The number of carbonyl (C=O) groups is 8. The van der Waals surface area contributed by atoms with Gasteiger partial charge in [0.25, 0.3) is 23.6 Å². The van der Waals surface area contributed by atoms with Gasteiger partial charge in [0.2, 0.25) is 0 Å². The van der Waals surface area contributed by atoms with Crippen LogP contribution in [0.5, 0.6) is 0 Å². The summed E-state index contributed by atoms with van der Waals surface area (Å²) in [6.07, 6.45) is 5.85. The van der Waals surface area contributed by atoms with Crippen molar-refractivity contribution >= 4 is 47.5 Å². The first-order valence-electron chi connectivity index (χ1n) is 23.2. The fourth-order valence-electron chi connectivity index (χ4n) is 6.86. The van der Waals surface area contributed by atoms with Crippen molar-refractivity contribution in [1.29, 1.82) is 0 Å². The molecule has 1 aliphatic rings. The minimum atomic E-state index is -1.31. The van der Waals surface area contributed by atoms with E-state index in [1.807, 2.05) is 20.8 Å². The molecular weight excluding hydrogens is 801 g/mol. The van der Waals surface area contributed by atoms with Crippen LogP contribution in [-0.2, 0) is 57.3 Å². The summed E-state index contributed by atoms with van der Waals surface area (Å²) < 4.78 is 23.2. The molecule has 0 aliphatic carbocycles. The molecule has 0 radical (unpaired) electrons. The summed E-state index contributed by atoms with van der Waals surface area (Å²) in [5.74, 6) is -6.16. The van der Waals surface area contributed by atoms with E-state index in [0.29, 0.717) is 25.7 Å². The van der Waals surface area contributed by atoms with Crippen molar-refractivity contribution in [2.75, 3.05) is 28.2 Å². The van der Waals surface area contributed by atoms with Crippen molar-refractivity contribution in [3.63, 3.8) is 0 Å². The van der Waals surface area contributed by atoms with Crippen LogP contribution in [0, 0.1) is 0 Å². The quantitative estimate of drug-likeness (QED) is 0.0872. The molecule has 62 heavy (non-hydrogen) atoms. The summed E-state index contributed by atoms with van der Waals surface area (Å²) in [5.41, 5.74) is 0. The van der Waals surface area contributed by atoms with Crippen LogP contribution < -0.4 is 0 Å².